The van der Waals surface area contributed by atoms with E-state index in [1.54, 1.807) is 0 Å². The Kier molecular flexibility index (Phi) is 5.10. The zero-order valence-corrected chi connectivity index (χ0v) is 8.85. The standard InChI is InChI=1S/C7H14.C5H8O/c1-7-5-3-2-4-6-7;6-5-3-1-2-4-5/h7H,2-6H2,1H3;1-4H2. The number of hydrogen-bond donors (Lipinski definition) is 0. The number of hydrogen-bond acceptors (Lipinski definition) is 1. The molecule has 0 aromatic heterocycles. The first-order valence-corrected chi connectivity index (χ1v) is 5.81. The number of carbonyl (C=O) groups excluding carboxylic acids is 1. The molecule has 0 saturated heterocycles. The molecule has 0 aromatic carbocycles. The van der Waals surface area contributed by atoms with Crippen molar-refractivity contribution in [1.29, 1.82) is 0 Å². The molecule has 2 aliphatic carbocycles. The van der Waals surface area contributed by atoms with Gasteiger partial charge in [-0.05, 0) is 18.8 Å². The lowest BCUT2D eigenvalue weighted by Gasteiger charge is -2.15. The van der Waals surface area contributed by atoms with E-state index in [2.05, 4.69) is 6.92 Å². The van der Waals surface area contributed by atoms with Crippen LogP contribution >= 0.6 is 0 Å². The van der Waals surface area contributed by atoms with Gasteiger partial charge in [-0.1, -0.05) is 39.0 Å². The molecule has 0 N–H and O–H groups in total. The number of ketones is 1. The summed E-state index contributed by atoms with van der Waals surface area (Å²) in [6.45, 7) is 2.36. The highest BCUT2D eigenvalue weighted by Gasteiger charge is 2.07. The molecule has 0 aromatic rings. The van der Waals surface area contributed by atoms with Crippen molar-refractivity contribution >= 4 is 5.78 Å². The van der Waals surface area contributed by atoms with E-state index >= 15 is 0 Å². The molecule has 2 aliphatic rings. The molecule has 1 heteroatoms. The van der Waals surface area contributed by atoms with Crippen molar-refractivity contribution in [2.75, 3.05) is 0 Å². The van der Waals surface area contributed by atoms with Crippen molar-refractivity contribution in [3.63, 3.8) is 0 Å². The van der Waals surface area contributed by atoms with Crippen LogP contribution in [-0.2, 0) is 4.79 Å². The van der Waals surface area contributed by atoms with Crippen LogP contribution in [0.5, 0.6) is 0 Å². The average molecular weight is 182 g/mol. The fourth-order valence-electron chi connectivity index (χ4n) is 2.08. The van der Waals surface area contributed by atoms with E-state index in [1.165, 1.54) is 32.1 Å². The van der Waals surface area contributed by atoms with E-state index in [1.807, 2.05) is 0 Å². The van der Waals surface area contributed by atoms with Crippen molar-refractivity contribution in [1.82, 2.24) is 0 Å². The van der Waals surface area contributed by atoms with Gasteiger partial charge in [0.2, 0.25) is 0 Å². The maximum Gasteiger partial charge on any atom is 0.132 e. The van der Waals surface area contributed by atoms with Crippen LogP contribution in [0.2, 0.25) is 0 Å². The number of Topliss-reactive ketones (excluding diaryl/α,β-unsaturated/α-hetero) is 1. The van der Waals surface area contributed by atoms with Gasteiger partial charge in [0.05, 0.1) is 0 Å². The Balaban J connectivity index is 0.000000132. The van der Waals surface area contributed by atoms with Crippen LogP contribution in [0.4, 0.5) is 0 Å². The van der Waals surface area contributed by atoms with Gasteiger partial charge in [0.25, 0.3) is 0 Å². The predicted octanol–water partition coefficient (Wildman–Crippen LogP) is 3.72. The first-order chi connectivity index (χ1) is 6.29. The lowest BCUT2D eigenvalue weighted by molar-refractivity contribution is -0.117. The van der Waals surface area contributed by atoms with E-state index in [0.717, 1.165) is 31.6 Å². The van der Waals surface area contributed by atoms with Gasteiger partial charge in [-0.15, -0.1) is 0 Å². The third kappa shape index (κ3) is 5.07. The fraction of sp³-hybridized carbons (Fsp3) is 0.917. The van der Waals surface area contributed by atoms with Gasteiger partial charge in [-0.3, -0.25) is 4.79 Å². The Morgan fingerprint density at radius 1 is 0.923 bits per heavy atom. The largest absolute Gasteiger partial charge is 0.300 e. The molecule has 2 saturated carbocycles. The quantitative estimate of drug-likeness (QED) is 0.558. The van der Waals surface area contributed by atoms with Gasteiger partial charge in [0.1, 0.15) is 5.78 Å². The number of rotatable bonds is 0. The lowest BCUT2D eigenvalue weighted by atomic mass is 9.91. The summed E-state index contributed by atoms with van der Waals surface area (Å²) in [4.78, 5) is 10.2. The highest BCUT2D eigenvalue weighted by atomic mass is 16.1. The van der Waals surface area contributed by atoms with E-state index in [9.17, 15) is 4.79 Å². The molecule has 1 nitrogen and oxygen atoms in total. The SMILES string of the molecule is CC1CCCCC1.O=C1CCCC1. The van der Waals surface area contributed by atoms with Gasteiger partial charge in [0.15, 0.2) is 0 Å². The summed E-state index contributed by atoms with van der Waals surface area (Å²) in [6, 6.07) is 0. The zero-order valence-electron chi connectivity index (χ0n) is 8.85. The molecule has 13 heavy (non-hydrogen) atoms. The Labute approximate surface area is 81.9 Å². The van der Waals surface area contributed by atoms with Crippen LogP contribution in [0.1, 0.15) is 64.7 Å². The molecular weight excluding hydrogens is 160 g/mol. The fourth-order valence-corrected chi connectivity index (χ4v) is 2.08. The topological polar surface area (TPSA) is 17.1 Å². The lowest BCUT2D eigenvalue weighted by Crippen LogP contribution is -1.99. The predicted molar refractivity (Wildman–Crippen MR) is 55.7 cm³/mol. The molecule has 0 heterocycles. The molecule has 0 atom stereocenters. The van der Waals surface area contributed by atoms with Crippen LogP contribution in [0.3, 0.4) is 0 Å². The molecule has 0 radical (unpaired) electrons. The highest BCUT2D eigenvalue weighted by Crippen LogP contribution is 2.22. The second-order valence-corrected chi connectivity index (χ2v) is 4.49. The Morgan fingerprint density at radius 3 is 1.69 bits per heavy atom. The van der Waals surface area contributed by atoms with Crippen LogP contribution in [0.25, 0.3) is 0 Å². The van der Waals surface area contributed by atoms with Gasteiger partial charge >= 0.3 is 0 Å². The van der Waals surface area contributed by atoms with Crippen LogP contribution in [0.15, 0.2) is 0 Å². The van der Waals surface area contributed by atoms with Gasteiger partial charge < -0.3 is 0 Å². The van der Waals surface area contributed by atoms with Crippen LogP contribution in [-0.4, -0.2) is 5.78 Å². The third-order valence-corrected chi connectivity index (χ3v) is 3.06. The van der Waals surface area contributed by atoms with Crippen molar-refractivity contribution in [2.45, 2.75) is 64.7 Å². The summed E-state index contributed by atoms with van der Waals surface area (Å²) in [5.41, 5.74) is 0. The second kappa shape index (κ2) is 6.17. The zero-order chi connectivity index (χ0) is 9.52. The summed E-state index contributed by atoms with van der Waals surface area (Å²) in [7, 11) is 0. The minimum absolute atomic E-state index is 0.454. The monoisotopic (exact) mass is 182 g/mol. The molecule has 2 rings (SSSR count). The van der Waals surface area contributed by atoms with Gasteiger partial charge in [-0.25, -0.2) is 0 Å². The Morgan fingerprint density at radius 2 is 1.46 bits per heavy atom. The summed E-state index contributed by atoms with van der Waals surface area (Å²) in [5.74, 6) is 1.49. The molecule has 0 unspecified atom stereocenters. The average Bonchev–Trinajstić information content (AvgIpc) is 2.58. The van der Waals surface area contributed by atoms with E-state index in [4.69, 9.17) is 0 Å². The molecule has 2 fully saturated rings. The van der Waals surface area contributed by atoms with Crippen molar-refractivity contribution < 1.29 is 4.79 Å². The highest BCUT2D eigenvalue weighted by molar-refractivity contribution is 5.79. The summed E-state index contributed by atoms with van der Waals surface area (Å²) in [5, 5.41) is 0. The van der Waals surface area contributed by atoms with E-state index in [-0.39, 0.29) is 0 Å². The summed E-state index contributed by atoms with van der Waals surface area (Å²) in [6.07, 6.45) is 11.4. The molecule has 76 valence electrons. The first-order valence-electron chi connectivity index (χ1n) is 5.81. The van der Waals surface area contributed by atoms with E-state index < -0.39 is 0 Å². The Bertz CT molecular complexity index is 137. The van der Waals surface area contributed by atoms with E-state index in [0.29, 0.717) is 5.78 Å². The van der Waals surface area contributed by atoms with Crippen LogP contribution in [0, 0.1) is 5.92 Å². The summed E-state index contributed by atoms with van der Waals surface area (Å²) < 4.78 is 0. The first kappa shape index (κ1) is 10.7. The van der Waals surface area contributed by atoms with Crippen molar-refractivity contribution in [2.24, 2.45) is 5.92 Å². The van der Waals surface area contributed by atoms with Crippen molar-refractivity contribution in [3.05, 3.63) is 0 Å². The minimum atomic E-state index is 0.454. The van der Waals surface area contributed by atoms with Gasteiger partial charge in [0, 0.05) is 12.8 Å². The van der Waals surface area contributed by atoms with Crippen molar-refractivity contribution in [3.8, 4) is 0 Å². The normalized spacial score (nSPS) is 23.9. The van der Waals surface area contributed by atoms with Crippen LogP contribution < -0.4 is 0 Å². The Hall–Kier alpha value is -0.330. The smallest absolute Gasteiger partial charge is 0.132 e. The molecular formula is C12H22O. The maximum absolute atomic E-state index is 10.2. The van der Waals surface area contributed by atoms with Gasteiger partial charge in [-0.2, -0.15) is 0 Å². The maximum atomic E-state index is 10.2. The third-order valence-electron chi connectivity index (χ3n) is 3.06. The summed E-state index contributed by atoms with van der Waals surface area (Å²) >= 11 is 0. The molecule has 0 bridgehead atoms. The number of carbonyl (C=O) groups is 1. The second-order valence-electron chi connectivity index (χ2n) is 4.49. The molecule has 0 spiro atoms. The minimum Gasteiger partial charge on any atom is -0.300 e. The molecule has 0 aliphatic heterocycles. The molecule has 0 amide bonds.